The number of hydrogen-bond donors (Lipinski definition) is 1. The van der Waals surface area contributed by atoms with E-state index in [2.05, 4.69) is 25.9 Å². The zero-order valence-corrected chi connectivity index (χ0v) is 11.7. The monoisotopic (exact) mass is 308 g/mol. The summed E-state index contributed by atoms with van der Waals surface area (Å²) in [7, 11) is 1.58. The van der Waals surface area contributed by atoms with Crippen LogP contribution in [-0.4, -0.2) is 17.1 Å². The highest BCUT2D eigenvalue weighted by Crippen LogP contribution is 2.22. The van der Waals surface area contributed by atoms with Crippen LogP contribution >= 0.6 is 15.9 Å². The van der Waals surface area contributed by atoms with Gasteiger partial charge in [-0.15, -0.1) is 0 Å². The van der Waals surface area contributed by atoms with Crippen molar-refractivity contribution in [2.75, 3.05) is 7.11 Å². The summed E-state index contributed by atoms with van der Waals surface area (Å²) in [6.45, 7) is 2.32. The van der Waals surface area contributed by atoms with Crippen molar-refractivity contribution in [3.8, 4) is 11.4 Å². The van der Waals surface area contributed by atoms with Gasteiger partial charge in [-0.3, -0.25) is 4.79 Å². The van der Waals surface area contributed by atoms with E-state index in [1.807, 2.05) is 25.1 Å². The second kappa shape index (κ2) is 5.46. The third-order valence-corrected chi connectivity index (χ3v) is 3.41. The fraction of sp³-hybridized carbons (Fsp3) is 0.231. The highest BCUT2D eigenvalue weighted by atomic mass is 79.9. The molecule has 1 heterocycles. The Hall–Kier alpha value is -1.46. The Kier molecular flexibility index (Phi) is 3.93. The first kappa shape index (κ1) is 13.0. The molecule has 0 spiro atoms. The van der Waals surface area contributed by atoms with E-state index in [4.69, 9.17) is 4.74 Å². The van der Waals surface area contributed by atoms with Gasteiger partial charge in [0.25, 0.3) is 5.56 Å². The molecule has 0 aliphatic rings. The van der Waals surface area contributed by atoms with Gasteiger partial charge in [0.05, 0.1) is 12.3 Å². The molecule has 0 bridgehead atoms. The van der Waals surface area contributed by atoms with Gasteiger partial charge in [0.2, 0.25) is 0 Å². The molecule has 0 fully saturated rings. The summed E-state index contributed by atoms with van der Waals surface area (Å²) in [6.07, 6.45) is 0. The minimum absolute atomic E-state index is 0.173. The molecule has 4 nitrogen and oxygen atoms in total. The number of hydrogen-bond acceptors (Lipinski definition) is 3. The van der Waals surface area contributed by atoms with Gasteiger partial charge in [-0.2, -0.15) is 0 Å². The normalized spacial score (nSPS) is 10.6. The van der Waals surface area contributed by atoms with Gasteiger partial charge in [-0.05, 0) is 24.6 Å². The van der Waals surface area contributed by atoms with E-state index in [9.17, 15) is 4.79 Å². The lowest BCUT2D eigenvalue weighted by molar-refractivity contribution is 0.181. The maximum atomic E-state index is 11.6. The van der Waals surface area contributed by atoms with Crippen molar-refractivity contribution < 1.29 is 4.74 Å². The number of ether oxygens (including phenoxy) is 1. The number of rotatable bonds is 3. The SMILES string of the molecule is COCc1cc(=O)[nH]c(-c2ccc(Br)c(C)c2)n1. The number of nitrogens with one attached hydrogen (secondary N) is 1. The largest absolute Gasteiger partial charge is 0.378 e. The fourth-order valence-corrected chi connectivity index (χ4v) is 1.91. The van der Waals surface area contributed by atoms with Crippen LogP contribution in [0.25, 0.3) is 11.4 Å². The van der Waals surface area contributed by atoms with Crippen molar-refractivity contribution in [2.45, 2.75) is 13.5 Å². The van der Waals surface area contributed by atoms with Crippen LogP contribution in [0.2, 0.25) is 0 Å². The first-order valence-corrected chi connectivity index (χ1v) is 6.25. The van der Waals surface area contributed by atoms with Crippen LogP contribution in [-0.2, 0) is 11.3 Å². The molecule has 0 atom stereocenters. The van der Waals surface area contributed by atoms with Crippen LogP contribution in [0.5, 0.6) is 0 Å². The molecule has 0 radical (unpaired) electrons. The van der Waals surface area contributed by atoms with Crippen molar-refractivity contribution in [1.82, 2.24) is 9.97 Å². The van der Waals surface area contributed by atoms with E-state index >= 15 is 0 Å². The van der Waals surface area contributed by atoms with Crippen LogP contribution in [0.3, 0.4) is 0 Å². The molecular formula is C13H13BrN2O2. The average molecular weight is 309 g/mol. The first-order valence-electron chi connectivity index (χ1n) is 5.46. The van der Waals surface area contributed by atoms with Crippen LogP contribution < -0.4 is 5.56 Å². The lowest BCUT2D eigenvalue weighted by atomic mass is 10.1. The van der Waals surface area contributed by atoms with E-state index in [0.717, 1.165) is 15.6 Å². The predicted molar refractivity (Wildman–Crippen MR) is 73.4 cm³/mol. The second-order valence-electron chi connectivity index (χ2n) is 3.98. The maximum absolute atomic E-state index is 11.6. The molecule has 94 valence electrons. The molecule has 0 aliphatic carbocycles. The Morgan fingerprint density at radius 2 is 2.17 bits per heavy atom. The van der Waals surface area contributed by atoms with E-state index in [1.165, 1.54) is 6.07 Å². The number of benzene rings is 1. The van der Waals surface area contributed by atoms with Gasteiger partial charge < -0.3 is 9.72 Å². The van der Waals surface area contributed by atoms with Crippen LogP contribution in [0.15, 0.2) is 33.5 Å². The van der Waals surface area contributed by atoms with Crippen LogP contribution in [0, 0.1) is 6.92 Å². The first-order chi connectivity index (χ1) is 8.60. The molecule has 1 N–H and O–H groups in total. The fourth-order valence-electron chi connectivity index (χ4n) is 1.66. The topological polar surface area (TPSA) is 55.0 Å². The molecule has 0 unspecified atom stereocenters. The second-order valence-corrected chi connectivity index (χ2v) is 4.84. The Labute approximate surface area is 113 Å². The Balaban J connectivity index is 2.49. The van der Waals surface area contributed by atoms with Gasteiger partial charge in [-0.1, -0.05) is 22.0 Å². The van der Waals surface area contributed by atoms with E-state index < -0.39 is 0 Å². The highest BCUT2D eigenvalue weighted by molar-refractivity contribution is 9.10. The van der Waals surface area contributed by atoms with Crippen molar-refractivity contribution in [1.29, 1.82) is 0 Å². The molecule has 0 aliphatic heterocycles. The average Bonchev–Trinajstić information content (AvgIpc) is 2.32. The third-order valence-electron chi connectivity index (χ3n) is 2.52. The Morgan fingerprint density at radius 3 is 2.83 bits per heavy atom. The van der Waals surface area contributed by atoms with Crippen LogP contribution in [0.4, 0.5) is 0 Å². The Morgan fingerprint density at radius 1 is 1.39 bits per heavy atom. The third kappa shape index (κ3) is 2.86. The van der Waals surface area contributed by atoms with Crippen molar-refractivity contribution in [2.24, 2.45) is 0 Å². The summed E-state index contributed by atoms with van der Waals surface area (Å²) in [5.41, 5.74) is 2.42. The summed E-state index contributed by atoms with van der Waals surface area (Å²) in [5.74, 6) is 0.560. The molecule has 1 aromatic heterocycles. The number of aromatic amines is 1. The lowest BCUT2D eigenvalue weighted by Crippen LogP contribution is -2.10. The lowest BCUT2D eigenvalue weighted by Gasteiger charge is -2.05. The summed E-state index contributed by atoms with van der Waals surface area (Å²) in [6, 6.07) is 7.26. The summed E-state index contributed by atoms with van der Waals surface area (Å²) >= 11 is 3.44. The smallest absolute Gasteiger partial charge is 0.251 e. The Bertz CT molecular complexity index is 623. The van der Waals surface area contributed by atoms with Gasteiger partial charge in [-0.25, -0.2) is 4.98 Å². The number of aromatic nitrogens is 2. The molecular weight excluding hydrogens is 296 g/mol. The van der Waals surface area contributed by atoms with E-state index in [0.29, 0.717) is 18.1 Å². The molecule has 18 heavy (non-hydrogen) atoms. The van der Waals surface area contributed by atoms with Crippen molar-refractivity contribution >= 4 is 15.9 Å². The maximum Gasteiger partial charge on any atom is 0.251 e. The molecule has 0 saturated heterocycles. The van der Waals surface area contributed by atoms with Gasteiger partial charge >= 0.3 is 0 Å². The molecule has 5 heteroatoms. The quantitative estimate of drug-likeness (QED) is 0.948. The summed E-state index contributed by atoms with van der Waals surface area (Å²) < 4.78 is 6.02. The van der Waals surface area contributed by atoms with Gasteiger partial charge in [0.15, 0.2) is 0 Å². The van der Waals surface area contributed by atoms with E-state index in [-0.39, 0.29) is 5.56 Å². The molecule has 0 saturated carbocycles. The molecule has 1 aromatic carbocycles. The molecule has 2 rings (SSSR count). The van der Waals surface area contributed by atoms with E-state index in [1.54, 1.807) is 7.11 Å². The minimum Gasteiger partial charge on any atom is -0.378 e. The summed E-state index contributed by atoms with van der Waals surface area (Å²) in [4.78, 5) is 18.7. The van der Waals surface area contributed by atoms with Crippen molar-refractivity contribution in [3.63, 3.8) is 0 Å². The molecule has 0 amide bonds. The number of aryl methyl sites for hydroxylation is 1. The number of nitrogens with zero attached hydrogens (tertiary/aromatic N) is 1. The number of methoxy groups -OCH3 is 1. The van der Waals surface area contributed by atoms with Gasteiger partial charge in [0, 0.05) is 23.2 Å². The summed E-state index contributed by atoms with van der Waals surface area (Å²) in [5, 5.41) is 0. The van der Waals surface area contributed by atoms with Crippen molar-refractivity contribution in [3.05, 3.63) is 50.3 Å². The predicted octanol–water partition coefficient (Wildman–Crippen LogP) is 2.65. The standard InChI is InChI=1S/C13H13BrN2O2/c1-8-5-9(3-4-11(8)14)13-15-10(7-18-2)6-12(17)16-13/h3-6H,7H2,1-2H3,(H,15,16,17). The molecule has 2 aromatic rings. The number of H-pyrrole nitrogens is 1. The zero-order valence-electron chi connectivity index (χ0n) is 10.2. The zero-order chi connectivity index (χ0) is 13.1. The minimum atomic E-state index is -0.173. The number of halogens is 1. The van der Waals surface area contributed by atoms with Gasteiger partial charge in [0.1, 0.15) is 5.82 Å². The highest BCUT2D eigenvalue weighted by Gasteiger charge is 2.05. The van der Waals surface area contributed by atoms with Crippen LogP contribution in [0.1, 0.15) is 11.3 Å².